The van der Waals surface area contributed by atoms with Crippen LogP contribution in [0.1, 0.15) is 12.1 Å². The first-order valence-corrected chi connectivity index (χ1v) is 5.39. The van der Waals surface area contributed by atoms with E-state index in [1.54, 1.807) is 0 Å². The van der Waals surface area contributed by atoms with Crippen LogP contribution >= 0.6 is 0 Å². The van der Waals surface area contributed by atoms with E-state index in [2.05, 4.69) is 9.88 Å². The maximum Gasteiger partial charge on any atom is 0.128 e. The number of hydrogen-bond donors (Lipinski definition) is 1. The fraction of sp³-hybridized carbons (Fsp3) is 0.545. The molecule has 2 N–H and O–H groups in total. The third-order valence-corrected chi connectivity index (χ3v) is 2.55. The molecule has 1 fully saturated rings. The summed E-state index contributed by atoms with van der Waals surface area (Å²) >= 11 is 0. The van der Waals surface area contributed by atoms with Crippen LogP contribution in [0.3, 0.4) is 0 Å². The minimum Gasteiger partial charge on any atom is -0.380 e. The van der Waals surface area contributed by atoms with Gasteiger partial charge in [0.2, 0.25) is 0 Å². The number of hydrogen-bond acceptors (Lipinski definition) is 4. The maximum absolute atomic E-state index is 5.57. The van der Waals surface area contributed by atoms with E-state index in [0.29, 0.717) is 6.54 Å². The second-order valence-electron chi connectivity index (χ2n) is 3.64. The van der Waals surface area contributed by atoms with Crippen LogP contribution in [0.15, 0.2) is 18.2 Å². The minimum atomic E-state index is 0.498. The topological polar surface area (TPSA) is 51.4 Å². The van der Waals surface area contributed by atoms with Gasteiger partial charge in [-0.2, -0.15) is 0 Å². The van der Waals surface area contributed by atoms with Crippen molar-refractivity contribution in [2.45, 2.75) is 13.0 Å². The van der Waals surface area contributed by atoms with Gasteiger partial charge in [-0.3, -0.25) is 0 Å². The molecule has 0 saturated carbocycles. The average Bonchev–Trinajstić information content (AvgIpc) is 2.58. The van der Waals surface area contributed by atoms with Crippen LogP contribution in [0.2, 0.25) is 0 Å². The van der Waals surface area contributed by atoms with Gasteiger partial charge in [-0.1, -0.05) is 6.07 Å². The molecule has 1 aliphatic heterocycles. The van der Waals surface area contributed by atoms with Crippen molar-refractivity contribution in [3.8, 4) is 0 Å². The Bertz CT molecular complexity index is 308. The van der Waals surface area contributed by atoms with Crippen molar-refractivity contribution in [3.05, 3.63) is 23.9 Å². The van der Waals surface area contributed by atoms with Gasteiger partial charge in [0.05, 0.1) is 12.3 Å². The number of rotatable bonds is 2. The van der Waals surface area contributed by atoms with Crippen LogP contribution in [0.5, 0.6) is 0 Å². The average molecular weight is 207 g/mol. The Morgan fingerprint density at radius 1 is 1.33 bits per heavy atom. The number of nitrogens with zero attached hydrogens (tertiary/aromatic N) is 2. The lowest BCUT2D eigenvalue weighted by Gasteiger charge is -2.20. The van der Waals surface area contributed by atoms with E-state index in [4.69, 9.17) is 10.5 Å². The molecule has 0 radical (unpaired) electrons. The van der Waals surface area contributed by atoms with Crippen LogP contribution in [0, 0.1) is 0 Å². The van der Waals surface area contributed by atoms with Gasteiger partial charge < -0.3 is 15.4 Å². The third-order valence-electron chi connectivity index (χ3n) is 2.55. The molecule has 4 nitrogen and oxygen atoms in total. The summed E-state index contributed by atoms with van der Waals surface area (Å²) in [5.74, 6) is 1.02. The van der Waals surface area contributed by atoms with Crippen molar-refractivity contribution in [2.75, 3.05) is 31.2 Å². The minimum absolute atomic E-state index is 0.498. The highest BCUT2D eigenvalue weighted by Crippen LogP contribution is 2.13. The van der Waals surface area contributed by atoms with Crippen molar-refractivity contribution in [3.63, 3.8) is 0 Å². The zero-order valence-corrected chi connectivity index (χ0v) is 8.85. The van der Waals surface area contributed by atoms with Crippen LogP contribution in [-0.4, -0.2) is 31.3 Å². The highest BCUT2D eigenvalue weighted by molar-refractivity contribution is 5.39. The number of anilines is 1. The molecule has 1 aromatic rings. The first kappa shape index (κ1) is 10.4. The third kappa shape index (κ3) is 2.67. The molecule has 2 heterocycles. The Hall–Kier alpha value is -1.13. The molecule has 15 heavy (non-hydrogen) atoms. The monoisotopic (exact) mass is 207 g/mol. The first-order valence-electron chi connectivity index (χ1n) is 5.39. The molecule has 0 unspecified atom stereocenters. The summed E-state index contributed by atoms with van der Waals surface area (Å²) in [6, 6.07) is 6.00. The van der Waals surface area contributed by atoms with Gasteiger partial charge in [0.15, 0.2) is 0 Å². The zero-order valence-electron chi connectivity index (χ0n) is 8.85. The molecule has 0 aliphatic carbocycles. The molecular formula is C11H17N3O. The summed E-state index contributed by atoms with van der Waals surface area (Å²) in [5.41, 5.74) is 6.52. The summed E-state index contributed by atoms with van der Waals surface area (Å²) in [6.45, 7) is 4.07. The molecular weight excluding hydrogens is 190 g/mol. The van der Waals surface area contributed by atoms with Crippen LogP contribution in [0.25, 0.3) is 0 Å². The van der Waals surface area contributed by atoms with E-state index in [1.807, 2.05) is 18.2 Å². The molecule has 1 aliphatic rings. The van der Waals surface area contributed by atoms with Crippen molar-refractivity contribution >= 4 is 5.82 Å². The summed E-state index contributed by atoms with van der Waals surface area (Å²) in [6.07, 6.45) is 1.06. The molecule has 0 atom stereocenters. The van der Waals surface area contributed by atoms with Gasteiger partial charge >= 0.3 is 0 Å². The quantitative estimate of drug-likeness (QED) is 0.778. The Balaban J connectivity index is 2.12. The summed E-state index contributed by atoms with van der Waals surface area (Å²) in [5, 5.41) is 0. The second kappa shape index (κ2) is 5.09. The fourth-order valence-electron chi connectivity index (χ4n) is 1.73. The zero-order chi connectivity index (χ0) is 10.5. The largest absolute Gasteiger partial charge is 0.380 e. The van der Waals surface area contributed by atoms with E-state index >= 15 is 0 Å². The lowest BCUT2D eigenvalue weighted by molar-refractivity contribution is 0.152. The van der Waals surface area contributed by atoms with Gasteiger partial charge in [0, 0.05) is 26.2 Å². The Morgan fingerprint density at radius 2 is 2.27 bits per heavy atom. The van der Waals surface area contributed by atoms with Crippen molar-refractivity contribution in [1.82, 2.24) is 4.98 Å². The van der Waals surface area contributed by atoms with E-state index < -0.39 is 0 Å². The summed E-state index contributed by atoms with van der Waals surface area (Å²) in [7, 11) is 0. The fourth-order valence-corrected chi connectivity index (χ4v) is 1.73. The van der Waals surface area contributed by atoms with Gasteiger partial charge in [-0.25, -0.2) is 4.98 Å². The molecule has 0 amide bonds. The van der Waals surface area contributed by atoms with E-state index in [0.717, 1.165) is 44.2 Å². The molecule has 1 aromatic heterocycles. The van der Waals surface area contributed by atoms with Gasteiger partial charge in [-0.15, -0.1) is 0 Å². The van der Waals surface area contributed by atoms with Crippen molar-refractivity contribution in [2.24, 2.45) is 5.73 Å². The molecule has 82 valence electrons. The maximum atomic E-state index is 5.57. The molecule has 1 saturated heterocycles. The van der Waals surface area contributed by atoms with Gasteiger partial charge in [0.25, 0.3) is 0 Å². The Kier molecular flexibility index (Phi) is 3.53. The van der Waals surface area contributed by atoms with E-state index in [-0.39, 0.29) is 0 Å². The number of ether oxygens (including phenoxy) is 1. The van der Waals surface area contributed by atoms with Gasteiger partial charge in [0.1, 0.15) is 5.82 Å². The first-order chi connectivity index (χ1) is 7.40. The predicted octanol–water partition coefficient (Wildman–Crippen LogP) is 0.767. The molecule has 4 heteroatoms. The normalized spacial score (nSPS) is 17.5. The standard InChI is InChI=1S/C11H17N3O/c12-9-10-3-1-4-11(13-10)14-5-2-7-15-8-6-14/h1,3-4H,2,5-9,12H2. The Morgan fingerprint density at radius 3 is 3.13 bits per heavy atom. The second-order valence-corrected chi connectivity index (χ2v) is 3.64. The van der Waals surface area contributed by atoms with Crippen molar-refractivity contribution < 1.29 is 4.74 Å². The number of aromatic nitrogens is 1. The van der Waals surface area contributed by atoms with E-state index in [1.165, 1.54) is 0 Å². The molecule has 0 bridgehead atoms. The van der Waals surface area contributed by atoms with Crippen LogP contribution in [-0.2, 0) is 11.3 Å². The van der Waals surface area contributed by atoms with Crippen LogP contribution in [0.4, 0.5) is 5.82 Å². The highest BCUT2D eigenvalue weighted by Gasteiger charge is 2.10. The molecule has 0 spiro atoms. The van der Waals surface area contributed by atoms with E-state index in [9.17, 15) is 0 Å². The summed E-state index contributed by atoms with van der Waals surface area (Å²) < 4.78 is 5.41. The summed E-state index contributed by atoms with van der Waals surface area (Å²) in [4.78, 5) is 6.76. The Labute approximate surface area is 90.0 Å². The number of nitrogens with two attached hydrogens (primary N) is 1. The van der Waals surface area contributed by atoms with Crippen molar-refractivity contribution in [1.29, 1.82) is 0 Å². The number of pyridine rings is 1. The smallest absolute Gasteiger partial charge is 0.128 e. The molecule has 0 aromatic carbocycles. The molecule has 2 rings (SSSR count). The van der Waals surface area contributed by atoms with Gasteiger partial charge in [-0.05, 0) is 18.6 Å². The highest BCUT2D eigenvalue weighted by atomic mass is 16.5. The van der Waals surface area contributed by atoms with Crippen LogP contribution < -0.4 is 10.6 Å². The lowest BCUT2D eigenvalue weighted by Crippen LogP contribution is -2.27. The lowest BCUT2D eigenvalue weighted by atomic mass is 10.3. The SMILES string of the molecule is NCc1cccc(N2CCCOCC2)n1. The predicted molar refractivity (Wildman–Crippen MR) is 59.8 cm³/mol.